The lowest BCUT2D eigenvalue weighted by Gasteiger charge is -2.24. The highest BCUT2D eigenvalue weighted by atomic mass is 19.1. The zero-order valence-corrected chi connectivity index (χ0v) is 23.7. The molecule has 0 amide bonds. The Balaban J connectivity index is 1.38. The fraction of sp³-hybridized carbons (Fsp3) is 0.182. The first-order chi connectivity index (χ1) is 20.8. The molecule has 0 bridgehead atoms. The van der Waals surface area contributed by atoms with E-state index in [4.69, 9.17) is 4.98 Å². The van der Waals surface area contributed by atoms with E-state index < -0.39 is 12.4 Å². The van der Waals surface area contributed by atoms with Gasteiger partial charge in [0.2, 0.25) is 0 Å². The minimum absolute atomic E-state index is 0.0234. The summed E-state index contributed by atoms with van der Waals surface area (Å²) in [6.07, 6.45) is 5.78. The fourth-order valence-electron chi connectivity index (χ4n) is 5.99. The van der Waals surface area contributed by atoms with Crippen LogP contribution in [0.2, 0.25) is 0 Å². The van der Waals surface area contributed by atoms with Crippen molar-refractivity contribution in [1.82, 2.24) is 23.4 Å². The Bertz CT molecular complexity index is 2180. The van der Waals surface area contributed by atoms with Crippen LogP contribution in [0.5, 0.6) is 0 Å². The van der Waals surface area contributed by atoms with Crippen molar-refractivity contribution in [3.05, 3.63) is 123 Å². The van der Waals surface area contributed by atoms with Crippen molar-refractivity contribution in [3.8, 4) is 16.8 Å². The Hall–Kier alpha value is -5.06. The Labute approximate surface area is 245 Å². The van der Waals surface area contributed by atoms with Gasteiger partial charge in [-0.3, -0.25) is 14.2 Å². The third kappa shape index (κ3) is 4.52. The smallest absolute Gasteiger partial charge is 0.279 e. The number of hydrogen-bond donors (Lipinski definition) is 2. The molecule has 4 aromatic heterocycles. The monoisotopic (exact) mass is 576 g/mol. The van der Waals surface area contributed by atoms with Crippen LogP contribution in [-0.4, -0.2) is 42.1 Å². The van der Waals surface area contributed by atoms with Crippen LogP contribution in [0.1, 0.15) is 16.8 Å². The van der Waals surface area contributed by atoms with E-state index in [9.17, 15) is 14.7 Å². The van der Waals surface area contributed by atoms with Gasteiger partial charge in [-0.05, 0) is 49.0 Å². The first kappa shape index (κ1) is 26.8. The Kier molecular flexibility index (Phi) is 6.45. The molecular weight excluding hydrogens is 547 g/mol. The van der Waals surface area contributed by atoms with Crippen LogP contribution in [0.25, 0.3) is 33.2 Å². The van der Waals surface area contributed by atoms with Gasteiger partial charge in [0.05, 0.1) is 17.8 Å². The number of hydrogen-bond acceptors (Lipinski definition) is 6. The second-order valence-electron chi connectivity index (χ2n) is 11.0. The number of aryl methyl sites for hydroxylation is 1. The lowest BCUT2D eigenvalue weighted by molar-refractivity contribution is 0.275. The second-order valence-corrected chi connectivity index (χ2v) is 11.0. The molecule has 0 unspecified atom stereocenters. The molecule has 0 radical (unpaired) electrons. The minimum atomic E-state index is -0.638. The van der Waals surface area contributed by atoms with Gasteiger partial charge in [0.25, 0.3) is 11.1 Å². The third-order valence-electron chi connectivity index (χ3n) is 8.17. The summed E-state index contributed by atoms with van der Waals surface area (Å²) in [5, 5.41) is 14.4. The van der Waals surface area contributed by atoms with Crippen LogP contribution in [-0.2, 0) is 26.6 Å². The molecule has 0 saturated heterocycles. The SMILES string of the molecule is CN1CCc2nc(Nc3cc(-c4ccc(F)c(CO)c4-n4ccn5c(cc6ccccc65)c4=O)cn(C)c3=O)ccc2C1. The lowest BCUT2D eigenvalue weighted by atomic mass is 10.00. The average molecular weight is 577 g/mol. The van der Waals surface area contributed by atoms with Crippen LogP contribution in [0.15, 0.2) is 88.8 Å². The summed E-state index contributed by atoms with van der Waals surface area (Å²) in [4.78, 5) is 34.1. The van der Waals surface area contributed by atoms with E-state index in [1.807, 2.05) is 36.4 Å². The summed E-state index contributed by atoms with van der Waals surface area (Å²) in [6, 6.07) is 17.8. The topological polar surface area (TPSA) is 96.8 Å². The molecule has 2 N–H and O–H groups in total. The Morgan fingerprint density at radius 1 is 0.977 bits per heavy atom. The highest BCUT2D eigenvalue weighted by molar-refractivity contribution is 5.87. The highest BCUT2D eigenvalue weighted by Gasteiger charge is 2.21. The molecule has 1 aliphatic heterocycles. The lowest BCUT2D eigenvalue weighted by Crippen LogP contribution is -2.27. The van der Waals surface area contributed by atoms with Crippen LogP contribution < -0.4 is 16.4 Å². The third-order valence-corrected chi connectivity index (χ3v) is 8.17. The van der Waals surface area contributed by atoms with Gasteiger partial charge < -0.3 is 24.3 Å². The van der Waals surface area contributed by atoms with Crippen LogP contribution in [0.4, 0.5) is 15.9 Å². The standard InChI is InChI=1S/C33H29FN6O3/c1-37-12-11-26-21(17-37)7-10-30(35-26)36-27-15-22(18-38(2)32(27)42)23-8-9-25(34)24(19-41)31(23)40-14-13-39-28-6-4-3-5-20(28)16-29(39)33(40)43/h3-10,13-16,18,41H,11-12,17,19H2,1-2H3,(H,35,36). The summed E-state index contributed by atoms with van der Waals surface area (Å²) < 4.78 is 19.7. The summed E-state index contributed by atoms with van der Waals surface area (Å²) in [5.41, 5.74) is 4.31. The Morgan fingerprint density at radius 3 is 2.65 bits per heavy atom. The van der Waals surface area contributed by atoms with Gasteiger partial charge in [-0.25, -0.2) is 9.37 Å². The number of likely N-dealkylation sites (N-methyl/N-ethyl adjacent to an activating group) is 1. The molecule has 0 spiro atoms. The zero-order chi connectivity index (χ0) is 29.8. The predicted octanol–water partition coefficient (Wildman–Crippen LogP) is 4.37. The van der Waals surface area contributed by atoms with E-state index in [0.717, 1.165) is 41.7 Å². The molecule has 216 valence electrons. The van der Waals surface area contributed by atoms with Crippen molar-refractivity contribution < 1.29 is 9.50 Å². The number of rotatable bonds is 5. The van der Waals surface area contributed by atoms with Gasteiger partial charge >= 0.3 is 0 Å². The maximum Gasteiger partial charge on any atom is 0.279 e. The fourth-order valence-corrected chi connectivity index (χ4v) is 5.99. The van der Waals surface area contributed by atoms with Crippen LogP contribution >= 0.6 is 0 Å². The number of aliphatic hydroxyl groups excluding tert-OH is 1. The Morgan fingerprint density at radius 2 is 1.81 bits per heavy atom. The summed E-state index contributed by atoms with van der Waals surface area (Å²) in [7, 11) is 3.71. The molecule has 5 heterocycles. The number of anilines is 2. The van der Waals surface area contributed by atoms with Crippen molar-refractivity contribution in [2.24, 2.45) is 7.05 Å². The quantitative estimate of drug-likeness (QED) is 0.317. The van der Waals surface area contributed by atoms with Gasteiger partial charge in [0.1, 0.15) is 22.8 Å². The van der Waals surface area contributed by atoms with Crippen molar-refractivity contribution in [2.45, 2.75) is 19.6 Å². The number of halogens is 1. The predicted molar refractivity (Wildman–Crippen MR) is 165 cm³/mol. The van der Waals surface area contributed by atoms with Gasteiger partial charge in [-0.15, -0.1) is 0 Å². The van der Waals surface area contributed by atoms with Crippen molar-refractivity contribution in [2.75, 3.05) is 18.9 Å². The van der Waals surface area contributed by atoms with E-state index in [1.165, 1.54) is 15.2 Å². The molecule has 7 rings (SSSR count). The number of nitrogens with one attached hydrogen (secondary N) is 1. The van der Waals surface area contributed by atoms with Gasteiger partial charge in [0, 0.05) is 72.9 Å². The average Bonchev–Trinajstić information content (AvgIpc) is 3.39. The van der Waals surface area contributed by atoms with Gasteiger partial charge in [-0.1, -0.05) is 24.3 Å². The summed E-state index contributed by atoms with van der Waals surface area (Å²) in [6.45, 7) is 1.11. The van der Waals surface area contributed by atoms with Crippen LogP contribution in [0, 0.1) is 5.82 Å². The zero-order valence-electron chi connectivity index (χ0n) is 23.7. The van der Waals surface area contributed by atoms with Crippen molar-refractivity contribution in [1.29, 1.82) is 0 Å². The molecule has 43 heavy (non-hydrogen) atoms. The first-order valence-corrected chi connectivity index (χ1v) is 14.0. The maximum absolute atomic E-state index is 15.2. The molecule has 9 nitrogen and oxygen atoms in total. The molecular formula is C33H29FN6O3. The molecule has 1 aliphatic rings. The molecule has 6 aromatic rings. The molecule has 10 heteroatoms. The second kappa shape index (κ2) is 10.3. The molecule has 0 aliphatic carbocycles. The van der Waals surface area contributed by atoms with Crippen molar-refractivity contribution in [3.63, 3.8) is 0 Å². The number of aromatic nitrogens is 4. The van der Waals surface area contributed by atoms with Crippen LogP contribution in [0.3, 0.4) is 0 Å². The summed E-state index contributed by atoms with van der Waals surface area (Å²) >= 11 is 0. The number of para-hydroxylation sites is 1. The number of pyridine rings is 2. The first-order valence-electron chi connectivity index (χ1n) is 14.0. The van der Waals surface area contributed by atoms with E-state index in [-0.39, 0.29) is 28.1 Å². The number of benzene rings is 2. The maximum atomic E-state index is 15.2. The largest absolute Gasteiger partial charge is 0.391 e. The number of fused-ring (bicyclic) bond motifs is 4. The van der Waals surface area contributed by atoms with E-state index in [1.54, 1.807) is 48.2 Å². The van der Waals surface area contributed by atoms with E-state index in [0.29, 0.717) is 22.5 Å². The molecule has 0 saturated carbocycles. The normalized spacial score (nSPS) is 13.5. The van der Waals surface area contributed by atoms with Gasteiger partial charge in [-0.2, -0.15) is 0 Å². The van der Waals surface area contributed by atoms with Gasteiger partial charge in [0.15, 0.2) is 0 Å². The van der Waals surface area contributed by atoms with E-state index >= 15 is 4.39 Å². The minimum Gasteiger partial charge on any atom is -0.391 e. The summed E-state index contributed by atoms with van der Waals surface area (Å²) in [5.74, 6) is -0.0875. The molecule has 2 aromatic carbocycles. The van der Waals surface area contributed by atoms with Crippen molar-refractivity contribution >= 4 is 27.9 Å². The number of nitrogens with zero attached hydrogens (tertiary/aromatic N) is 5. The molecule has 0 fully saturated rings. The molecule has 0 atom stereocenters. The van der Waals surface area contributed by atoms with E-state index in [2.05, 4.69) is 17.3 Å². The highest BCUT2D eigenvalue weighted by Crippen LogP contribution is 2.32. The number of aliphatic hydroxyl groups is 1.